The van der Waals surface area contributed by atoms with E-state index in [1.807, 2.05) is 12.1 Å². The molecule has 1 amide bonds. The number of nitro benzene ring substituents is 1. The van der Waals surface area contributed by atoms with Gasteiger partial charge in [0.05, 0.1) is 16.3 Å². The van der Waals surface area contributed by atoms with E-state index >= 15 is 0 Å². The molecule has 0 saturated carbocycles. The Hall–Kier alpha value is -3.89. The zero-order valence-electron chi connectivity index (χ0n) is 18.6. The molecule has 2 heterocycles. The SMILES string of the molecule is C[C@H](/C=C/CCn1cc(CCO)nn1)[C@@]1(O)C(=O)N(c2ccccc2)c2ccc([N+](=O)[O-])cc21. The van der Waals surface area contributed by atoms with E-state index in [4.69, 9.17) is 5.11 Å². The topological polar surface area (TPSA) is 135 Å². The van der Waals surface area contributed by atoms with E-state index in [-0.39, 0.29) is 17.9 Å². The Balaban J connectivity index is 1.60. The smallest absolute Gasteiger partial charge is 0.269 e. The molecule has 0 radical (unpaired) electrons. The molecule has 1 aromatic heterocycles. The van der Waals surface area contributed by atoms with Crippen LogP contribution in [-0.2, 0) is 23.4 Å². The zero-order valence-corrected chi connectivity index (χ0v) is 18.6. The summed E-state index contributed by atoms with van der Waals surface area (Å²) in [4.78, 5) is 25.8. The van der Waals surface area contributed by atoms with Gasteiger partial charge in [0, 0.05) is 55.1 Å². The van der Waals surface area contributed by atoms with E-state index in [9.17, 15) is 20.0 Å². The predicted octanol–water partition coefficient (Wildman–Crippen LogP) is 2.87. The first kappa shape index (κ1) is 23.3. The van der Waals surface area contributed by atoms with Crippen molar-refractivity contribution in [2.24, 2.45) is 5.92 Å². The molecular weight excluding hydrogens is 438 g/mol. The first-order valence-electron chi connectivity index (χ1n) is 10.9. The van der Waals surface area contributed by atoms with Gasteiger partial charge in [-0.15, -0.1) is 5.10 Å². The minimum atomic E-state index is -1.96. The number of rotatable bonds is 9. The third-order valence-corrected chi connectivity index (χ3v) is 5.95. The number of para-hydroxylation sites is 1. The summed E-state index contributed by atoms with van der Waals surface area (Å²) in [7, 11) is 0. The second-order valence-electron chi connectivity index (χ2n) is 8.15. The van der Waals surface area contributed by atoms with Gasteiger partial charge in [-0.25, -0.2) is 0 Å². The summed E-state index contributed by atoms with van der Waals surface area (Å²) in [5.41, 5.74) is -0.262. The van der Waals surface area contributed by atoms with Crippen LogP contribution in [0.3, 0.4) is 0 Å². The molecule has 0 saturated heterocycles. The second kappa shape index (κ2) is 9.54. The van der Waals surface area contributed by atoms with Crippen LogP contribution in [0.25, 0.3) is 0 Å². The van der Waals surface area contributed by atoms with Crippen molar-refractivity contribution in [1.29, 1.82) is 0 Å². The molecule has 2 N–H and O–H groups in total. The van der Waals surface area contributed by atoms with E-state index in [0.29, 0.717) is 36.5 Å². The van der Waals surface area contributed by atoms with Gasteiger partial charge in [0.2, 0.25) is 0 Å². The normalized spacial score (nSPS) is 18.4. The Morgan fingerprint density at radius 2 is 2.00 bits per heavy atom. The Bertz CT molecular complexity index is 1230. The van der Waals surface area contributed by atoms with Gasteiger partial charge in [0.25, 0.3) is 11.6 Å². The van der Waals surface area contributed by atoms with Crippen molar-refractivity contribution in [1.82, 2.24) is 15.0 Å². The number of fused-ring (bicyclic) bond motifs is 1. The molecule has 176 valence electrons. The molecule has 4 rings (SSSR count). The average Bonchev–Trinajstić information content (AvgIpc) is 3.38. The number of aliphatic hydroxyl groups is 2. The summed E-state index contributed by atoms with van der Waals surface area (Å²) in [6.45, 7) is 2.24. The van der Waals surface area contributed by atoms with Gasteiger partial charge in [-0.05, 0) is 24.6 Å². The highest BCUT2D eigenvalue weighted by Crippen LogP contribution is 2.49. The Morgan fingerprint density at radius 1 is 1.24 bits per heavy atom. The fourth-order valence-corrected chi connectivity index (χ4v) is 4.13. The van der Waals surface area contributed by atoms with Crippen LogP contribution in [0.15, 0.2) is 66.9 Å². The maximum absolute atomic E-state index is 13.6. The van der Waals surface area contributed by atoms with Gasteiger partial charge < -0.3 is 10.2 Å². The molecule has 0 unspecified atom stereocenters. The van der Waals surface area contributed by atoms with Gasteiger partial charge >= 0.3 is 0 Å². The monoisotopic (exact) mass is 463 g/mol. The molecule has 3 aromatic rings. The lowest BCUT2D eigenvalue weighted by Gasteiger charge is -2.27. The van der Waals surface area contributed by atoms with Gasteiger partial charge in [-0.1, -0.05) is 42.5 Å². The molecule has 0 fully saturated rings. The first-order chi connectivity index (χ1) is 16.4. The highest BCUT2D eigenvalue weighted by Gasteiger charge is 2.53. The van der Waals surface area contributed by atoms with Crippen LogP contribution in [0.2, 0.25) is 0 Å². The van der Waals surface area contributed by atoms with Crippen LogP contribution in [0.4, 0.5) is 17.1 Å². The summed E-state index contributed by atoms with van der Waals surface area (Å²) in [6, 6.07) is 13.0. The highest BCUT2D eigenvalue weighted by molar-refractivity contribution is 6.12. The lowest BCUT2D eigenvalue weighted by atomic mass is 9.82. The Morgan fingerprint density at radius 3 is 2.71 bits per heavy atom. The fraction of sp³-hybridized carbons (Fsp3) is 0.292. The van der Waals surface area contributed by atoms with Crippen molar-refractivity contribution in [3.8, 4) is 0 Å². The summed E-state index contributed by atoms with van der Waals surface area (Å²) in [5, 5.41) is 40.0. The van der Waals surface area contributed by atoms with E-state index in [1.54, 1.807) is 48.1 Å². The Kier molecular flexibility index (Phi) is 6.53. The maximum Gasteiger partial charge on any atom is 0.269 e. The molecule has 10 nitrogen and oxygen atoms in total. The van der Waals surface area contributed by atoms with Gasteiger partial charge in [0.15, 0.2) is 5.60 Å². The third-order valence-electron chi connectivity index (χ3n) is 5.95. The average molecular weight is 463 g/mol. The molecule has 0 aliphatic carbocycles. The van der Waals surface area contributed by atoms with Gasteiger partial charge in [-0.2, -0.15) is 0 Å². The number of carbonyl (C=O) groups is 1. The largest absolute Gasteiger partial charge is 0.396 e. The minimum Gasteiger partial charge on any atom is -0.396 e. The number of hydrogen-bond acceptors (Lipinski definition) is 7. The zero-order chi connectivity index (χ0) is 24.3. The van der Waals surface area contributed by atoms with Crippen molar-refractivity contribution in [2.75, 3.05) is 11.5 Å². The summed E-state index contributed by atoms with van der Waals surface area (Å²) in [6.07, 6.45) is 6.34. The molecule has 1 aliphatic heterocycles. The van der Waals surface area contributed by atoms with Crippen molar-refractivity contribution < 1.29 is 19.9 Å². The van der Waals surface area contributed by atoms with E-state index in [2.05, 4.69) is 10.3 Å². The molecular formula is C24H25N5O5. The van der Waals surface area contributed by atoms with Gasteiger partial charge in [-0.3, -0.25) is 24.5 Å². The quantitative estimate of drug-likeness (QED) is 0.283. The number of aromatic nitrogens is 3. The van der Waals surface area contributed by atoms with Crippen molar-refractivity contribution in [3.05, 3.63) is 88.3 Å². The number of nitrogens with zero attached hydrogens (tertiary/aromatic N) is 5. The number of anilines is 2. The van der Waals surface area contributed by atoms with Crippen molar-refractivity contribution in [2.45, 2.75) is 31.9 Å². The molecule has 0 bridgehead atoms. The molecule has 2 aromatic carbocycles. The maximum atomic E-state index is 13.6. The highest BCUT2D eigenvalue weighted by atomic mass is 16.6. The van der Waals surface area contributed by atoms with Crippen molar-refractivity contribution in [3.63, 3.8) is 0 Å². The summed E-state index contributed by atoms with van der Waals surface area (Å²) < 4.78 is 1.66. The number of aryl methyl sites for hydroxylation is 1. The number of allylic oxidation sites excluding steroid dienone is 1. The third kappa shape index (κ3) is 4.20. The predicted molar refractivity (Wildman–Crippen MR) is 124 cm³/mol. The number of nitro groups is 1. The van der Waals surface area contributed by atoms with E-state index < -0.39 is 22.3 Å². The first-order valence-corrected chi connectivity index (χ1v) is 10.9. The second-order valence-corrected chi connectivity index (χ2v) is 8.15. The molecule has 34 heavy (non-hydrogen) atoms. The van der Waals surface area contributed by atoms with Crippen LogP contribution in [-0.4, -0.2) is 42.6 Å². The Labute approximate surface area is 195 Å². The number of aliphatic hydroxyl groups excluding tert-OH is 1. The summed E-state index contributed by atoms with van der Waals surface area (Å²) in [5.74, 6) is -1.22. The molecule has 2 atom stereocenters. The number of amides is 1. The molecule has 1 aliphatic rings. The fourth-order valence-electron chi connectivity index (χ4n) is 4.13. The summed E-state index contributed by atoms with van der Waals surface area (Å²) >= 11 is 0. The standard InChI is InChI=1S/C24H25N5O5/c1-17(7-5-6-13-27-16-18(12-14-30)25-26-27)24(32)21-15-20(29(33)34)10-11-22(21)28(23(24)31)19-8-3-2-4-9-19/h2-5,7-11,15-17,30,32H,6,12-14H2,1H3/b7-5+/t17-,24+/m1/s1. The van der Waals surface area contributed by atoms with Crippen LogP contribution in [0, 0.1) is 16.0 Å². The number of non-ortho nitro benzene ring substituents is 1. The number of carbonyl (C=O) groups excluding carboxylic acids is 1. The number of benzene rings is 2. The minimum absolute atomic E-state index is 0.00234. The molecule has 0 spiro atoms. The van der Waals surface area contributed by atoms with Gasteiger partial charge in [0.1, 0.15) is 0 Å². The van der Waals surface area contributed by atoms with Crippen LogP contribution in [0.5, 0.6) is 0 Å². The van der Waals surface area contributed by atoms with Crippen LogP contribution < -0.4 is 4.90 Å². The van der Waals surface area contributed by atoms with Crippen LogP contribution >= 0.6 is 0 Å². The van der Waals surface area contributed by atoms with Crippen molar-refractivity contribution >= 4 is 23.0 Å². The molecule has 10 heteroatoms. The van der Waals surface area contributed by atoms with E-state index in [0.717, 1.165) is 0 Å². The van der Waals surface area contributed by atoms with Crippen LogP contribution in [0.1, 0.15) is 24.6 Å². The lowest BCUT2D eigenvalue weighted by Crippen LogP contribution is -2.42. The number of hydrogen-bond donors (Lipinski definition) is 2. The van der Waals surface area contributed by atoms with E-state index in [1.165, 1.54) is 23.1 Å². The lowest BCUT2D eigenvalue weighted by molar-refractivity contribution is -0.385.